The second-order valence-electron chi connectivity index (χ2n) is 5.28. The number of nitrogens with one attached hydrogen (secondary N) is 1. The molecule has 0 saturated heterocycles. The van der Waals surface area contributed by atoms with Crippen LogP contribution in [0.5, 0.6) is 0 Å². The molecule has 0 heterocycles. The molecule has 0 unspecified atom stereocenters. The van der Waals surface area contributed by atoms with E-state index in [1.165, 1.54) is 0 Å². The first-order valence-electron chi connectivity index (χ1n) is 5.38. The van der Waals surface area contributed by atoms with Crippen molar-refractivity contribution in [3.05, 3.63) is 0 Å². The molecule has 0 aliphatic carbocycles. The SMILES string of the molecule is CC(C)[C@@H](NC(=O)OC(C)(C)C)[C@@H](C)N. The molecule has 0 fully saturated rings. The molecule has 90 valence electrons. The van der Waals surface area contributed by atoms with Gasteiger partial charge in [-0.25, -0.2) is 4.79 Å². The van der Waals surface area contributed by atoms with Crippen molar-refractivity contribution in [2.75, 3.05) is 0 Å². The summed E-state index contributed by atoms with van der Waals surface area (Å²) in [5.41, 5.74) is 5.31. The van der Waals surface area contributed by atoms with Gasteiger partial charge in [0.05, 0.1) is 0 Å². The zero-order valence-corrected chi connectivity index (χ0v) is 10.6. The fourth-order valence-electron chi connectivity index (χ4n) is 1.35. The van der Waals surface area contributed by atoms with Gasteiger partial charge in [0.2, 0.25) is 0 Å². The van der Waals surface area contributed by atoms with Crippen LogP contribution in [0, 0.1) is 5.92 Å². The Morgan fingerprint density at radius 1 is 1.27 bits per heavy atom. The molecule has 0 radical (unpaired) electrons. The summed E-state index contributed by atoms with van der Waals surface area (Å²) in [6.45, 7) is 11.4. The van der Waals surface area contributed by atoms with Crippen LogP contribution in [0.1, 0.15) is 41.5 Å². The van der Waals surface area contributed by atoms with E-state index >= 15 is 0 Å². The standard InChI is InChI=1S/C11H24N2O2/c1-7(2)9(8(3)12)13-10(14)15-11(4,5)6/h7-9H,12H2,1-6H3,(H,13,14)/t8-,9-/m1/s1. The molecule has 4 nitrogen and oxygen atoms in total. The lowest BCUT2D eigenvalue weighted by Crippen LogP contribution is -2.50. The van der Waals surface area contributed by atoms with E-state index in [0.717, 1.165) is 0 Å². The lowest BCUT2D eigenvalue weighted by Gasteiger charge is -2.28. The van der Waals surface area contributed by atoms with Gasteiger partial charge in [0, 0.05) is 12.1 Å². The van der Waals surface area contributed by atoms with Crippen molar-refractivity contribution < 1.29 is 9.53 Å². The Morgan fingerprint density at radius 3 is 2.00 bits per heavy atom. The quantitative estimate of drug-likeness (QED) is 0.757. The number of carbonyl (C=O) groups excluding carboxylic acids is 1. The third-order valence-electron chi connectivity index (χ3n) is 1.97. The van der Waals surface area contributed by atoms with Crippen LogP contribution in [0.4, 0.5) is 4.79 Å². The number of ether oxygens (including phenoxy) is 1. The summed E-state index contributed by atoms with van der Waals surface area (Å²) < 4.78 is 5.16. The maximum Gasteiger partial charge on any atom is 0.407 e. The largest absolute Gasteiger partial charge is 0.444 e. The number of hydrogen-bond donors (Lipinski definition) is 2. The van der Waals surface area contributed by atoms with E-state index in [1.54, 1.807) is 0 Å². The smallest absolute Gasteiger partial charge is 0.407 e. The molecule has 0 spiro atoms. The summed E-state index contributed by atoms with van der Waals surface area (Å²) in [4.78, 5) is 11.5. The highest BCUT2D eigenvalue weighted by Crippen LogP contribution is 2.09. The van der Waals surface area contributed by atoms with Gasteiger partial charge in [0.25, 0.3) is 0 Å². The van der Waals surface area contributed by atoms with Crippen molar-refractivity contribution in [1.29, 1.82) is 0 Å². The highest BCUT2D eigenvalue weighted by Gasteiger charge is 2.23. The zero-order valence-electron chi connectivity index (χ0n) is 10.6. The van der Waals surface area contributed by atoms with Crippen LogP contribution in [-0.4, -0.2) is 23.8 Å². The predicted octanol–water partition coefficient (Wildman–Crippen LogP) is 1.88. The van der Waals surface area contributed by atoms with Gasteiger partial charge >= 0.3 is 6.09 Å². The number of carbonyl (C=O) groups is 1. The molecule has 0 rings (SSSR count). The number of alkyl carbamates (subject to hydrolysis) is 1. The minimum Gasteiger partial charge on any atom is -0.444 e. The minimum atomic E-state index is -0.469. The highest BCUT2D eigenvalue weighted by atomic mass is 16.6. The van der Waals surface area contributed by atoms with Crippen LogP contribution >= 0.6 is 0 Å². The van der Waals surface area contributed by atoms with Gasteiger partial charge in [-0.05, 0) is 33.6 Å². The fourth-order valence-corrected chi connectivity index (χ4v) is 1.35. The number of rotatable bonds is 3. The molecule has 0 aromatic heterocycles. The second-order valence-corrected chi connectivity index (χ2v) is 5.28. The summed E-state index contributed by atoms with van der Waals surface area (Å²) in [6.07, 6.45) is -0.404. The molecule has 0 aliphatic rings. The van der Waals surface area contributed by atoms with Crippen molar-refractivity contribution in [2.45, 2.75) is 59.2 Å². The van der Waals surface area contributed by atoms with Gasteiger partial charge in [-0.15, -0.1) is 0 Å². The molecule has 0 aliphatic heterocycles. The monoisotopic (exact) mass is 216 g/mol. The number of hydrogen-bond acceptors (Lipinski definition) is 3. The Balaban J connectivity index is 4.25. The van der Waals surface area contributed by atoms with Gasteiger partial charge in [-0.3, -0.25) is 0 Å². The summed E-state index contributed by atoms with van der Waals surface area (Å²) in [6, 6.07) is -0.141. The van der Waals surface area contributed by atoms with Crippen LogP contribution in [0.15, 0.2) is 0 Å². The Kier molecular flexibility index (Phi) is 5.08. The van der Waals surface area contributed by atoms with Crippen LogP contribution in [-0.2, 0) is 4.74 Å². The van der Waals surface area contributed by atoms with E-state index < -0.39 is 11.7 Å². The fraction of sp³-hybridized carbons (Fsp3) is 0.909. The average Bonchev–Trinajstić information content (AvgIpc) is 1.95. The molecule has 1 amide bonds. The minimum absolute atomic E-state index is 0.0557. The molecule has 3 N–H and O–H groups in total. The predicted molar refractivity (Wildman–Crippen MR) is 61.6 cm³/mol. The van der Waals surface area contributed by atoms with Crippen molar-refractivity contribution in [2.24, 2.45) is 11.7 Å². The van der Waals surface area contributed by atoms with Crippen LogP contribution < -0.4 is 11.1 Å². The maximum atomic E-state index is 11.5. The van der Waals surface area contributed by atoms with Crippen LogP contribution in [0.2, 0.25) is 0 Å². The highest BCUT2D eigenvalue weighted by molar-refractivity contribution is 5.68. The Morgan fingerprint density at radius 2 is 1.73 bits per heavy atom. The van der Waals surface area contributed by atoms with E-state index in [1.807, 2.05) is 41.5 Å². The van der Waals surface area contributed by atoms with E-state index in [4.69, 9.17) is 10.5 Å². The lowest BCUT2D eigenvalue weighted by molar-refractivity contribution is 0.0482. The van der Waals surface area contributed by atoms with E-state index in [2.05, 4.69) is 5.32 Å². The van der Waals surface area contributed by atoms with Gasteiger partial charge in [0.1, 0.15) is 5.60 Å². The zero-order chi connectivity index (χ0) is 12.2. The van der Waals surface area contributed by atoms with Crippen molar-refractivity contribution in [3.8, 4) is 0 Å². The molecular weight excluding hydrogens is 192 g/mol. The Hall–Kier alpha value is -0.770. The first-order chi connectivity index (χ1) is 6.63. The Labute approximate surface area is 92.6 Å². The van der Waals surface area contributed by atoms with Gasteiger partial charge in [0.15, 0.2) is 0 Å². The van der Waals surface area contributed by atoms with E-state index in [9.17, 15) is 4.79 Å². The molecule has 0 bridgehead atoms. The van der Waals surface area contributed by atoms with Gasteiger partial charge in [-0.2, -0.15) is 0 Å². The van der Waals surface area contributed by atoms with Crippen molar-refractivity contribution >= 4 is 6.09 Å². The molecule has 0 aromatic carbocycles. The summed E-state index contributed by atoms with van der Waals surface area (Å²) in [5, 5.41) is 2.79. The molecule has 15 heavy (non-hydrogen) atoms. The van der Waals surface area contributed by atoms with Crippen molar-refractivity contribution in [3.63, 3.8) is 0 Å². The molecule has 4 heteroatoms. The topological polar surface area (TPSA) is 64.3 Å². The second kappa shape index (κ2) is 5.35. The number of amides is 1. The summed E-state index contributed by atoms with van der Waals surface area (Å²) in [5.74, 6) is 0.289. The normalized spacial score (nSPS) is 16.0. The van der Waals surface area contributed by atoms with Crippen LogP contribution in [0.3, 0.4) is 0 Å². The first-order valence-corrected chi connectivity index (χ1v) is 5.38. The molecule has 0 aromatic rings. The Bertz CT molecular complexity index is 199. The van der Waals surface area contributed by atoms with Crippen molar-refractivity contribution in [1.82, 2.24) is 5.32 Å². The van der Waals surface area contributed by atoms with Gasteiger partial charge < -0.3 is 15.8 Å². The first kappa shape index (κ1) is 14.2. The van der Waals surface area contributed by atoms with Crippen LogP contribution in [0.25, 0.3) is 0 Å². The van der Waals surface area contributed by atoms with Gasteiger partial charge in [-0.1, -0.05) is 13.8 Å². The maximum absolute atomic E-state index is 11.5. The third kappa shape index (κ3) is 6.33. The average molecular weight is 216 g/mol. The van der Waals surface area contributed by atoms with E-state index in [-0.39, 0.29) is 18.0 Å². The molecular formula is C11H24N2O2. The molecule has 2 atom stereocenters. The summed E-state index contributed by atoms with van der Waals surface area (Å²) in [7, 11) is 0. The summed E-state index contributed by atoms with van der Waals surface area (Å²) >= 11 is 0. The van der Waals surface area contributed by atoms with E-state index in [0.29, 0.717) is 0 Å². The third-order valence-corrected chi connectivity index (χ3v) is 1.97. The lowest BCUT2D eigenvalue weighted by atomic mass is 9.98. The number of nitrogens with two attached hydrogens (primary N) is 1. The molecule has 0 saturated carbocycles.